The second-order valence-electron chi connectivity index (χ2n) is 1.24. The fourth-order valence-electron chi connectivity index (χ4n) is 0.175. The van der Waals surface area contributed by atoms with Gasteiger partial charge >= 0.3 is 11.9 Å². The van der Waals surface area contributed by atoms with Gasteiger partial charge in [0, 0.05) is 0 Å². The van der Waals surface area contributed by atoms with Crippen LogP contribution in [0.15, 0.2) is 5.16 Å². The average Bonchev–Trinajstić information content (AvgIpc) is 1.79. The van der Waals surface area contributed by atoms with E-state index in [4.69, 9.17) is 10.2 Å². The fourth-order valence-corrected chi connectivity index (χ4v) is 0.175. The summed E-state index contributed by atoms with van der Waals surface area (Å²) in [5, 5.41) is 18.6. The molecule has 0 aliphatic heterocycles. The number of nitrogens with zero attached hydrogens (tertiary/aromatic N) is 1. The molecule has 6 nitrogen and oxygen atoms in total. The summed E-state index contributed by atoms with van der Waals surface area (Å²) in [5.41, 5.74) is 0. The molecule has 0 aromatic heterocycles. The summed E-state index contributed by atoms with van der Waals surface area (Å²) < 4.78 is 0. The Hall–Kier alpha value is -1.59. The molecule has 0 atom stereocenters. The average molecular weight is 147 g/mol. The molecular formula is C4H5NO5. The minimum Gasteiger partial charge on any atom is -0.479 e. The number of hydrogen-bond donors (Lipinski definition) is 2. The maximum atomic E-state index is 9.70. The van der Waals surface area contributed by atoms with E-state index < -0.39 is 18.5 Å². The van der Waals surface area contributed by atoms with E-state index in [1.54, 1.807) is 0 Å². The summed E-state index contributed by atoms with van der Waals surface area (Å²) in [6.45, 7) is -0.635. The van der Waals surface area contributed by atoms with Crippen LogP contribution in [0.5, 0.6) is 0 Å². The highest BCUT2D eigenvalue weighted by molar-refractivity contribution is 6.21. The van der Waals surface area contributed by atoms with Crippen molar-refractivity contribution in [3.8, 4) is 0 Å². The van der Waals surface area contributed by atoms with Crippen molar-refractivity contribution in [2.45, 2.75) is 0 Å². The Morgan fingerprint density at radius 2 is 2.10 bits per heavy atom. The highest BCUT2D eigenvalue weighted by Crippen LogP contribution is 1.73. The SMILES string of the molecule is O=C(O)/C=N/OCC(=O)O. The quantitative estimate of drug-likeness (QED) is 0.399. The molecule has 56 valence electrons. The third kappa shape index (κ3) is 6.41. The van der Waals surface area contributed by atoms with E-state index in [1.807, 2.05) is 0 Å². The van der Waals surface area contributed by atoms with E-state index in [9.17, 15) is 9.59 Å². The molecule has 0 heterocycles. The second-order valence-corrected chi connectivity index (χ2v) is 1.24. The van der Waals surface area contributed by atoms with E-state index in [0.29, 0.717) is 6.21 Å². The summed E-state index contributed by atoms with van der Waals surface area (Å²) in [6.07, 6.45) is 0.461. The molecule has 0 amide bonds. The predicted octanol–water partition coefficient (Wildman–Crippen LogP) is -0.842. The molecule has 0 saturated heterocycles. The molecule has 10 heavy (non-hydrogen) atoms. The van der Waals surface area contributed by atoms with Gasteiger partial charge in [0.25, 0.3) is 0 Å². The van der Waals surface area contributed by atoms with Gasteiger partial charge in [-0.15, -0.1) is 0 Å². The Bertz CT molecular complexity index is 163. The Balaban J connectivity index is 3.36. The Labute approximate surface area is 55.7 Å². The van der Waals surface area contributed by atoms with Crippen molar-refractivity contribution in [1.29, 1.82) is 0 Å². The van der Waals surface area contributed by atoms with Gasteiger partial charge in [-0.2, -0.15) is 0 Å². The van der Waals surface area contributed by atoms with E-state index >= 15 is 0 Å². The predicted molar refractivity (Wildman–Crippen MR) is 29.7 cm³/mol. The molecule has 0 spiro atoms. The molecule has 2 N–H and O–H groups in total. The number of carbonyl (C=O) groups is 2. The third-order valence-electron chi connectivity index (χ3n) is 0.426. The normalized spacial score (nSPS) is 9.60. The zero-order valence-electron chi connectivity index (χ0n) is 4.85. The fraction of sp³-hybridized carbons (Fsp3) is 0.250. The van der Waals surface area contributed by atoms with Crippen LogP contribution in [0.3, 0.4) is 0 Å². The van der Waals surface area contributed by atoms with Crippen molar-refractivity contribution in [2.24, 2.45) is 5.16 Å². The monoisotopic (exact) mass is 147 g/mol. The van der Waals surface area contributed by atoms with Crippen molar-refractivity contribution in [1.82, 2.24) is 0 Å². The van der Waals surface area contributed by atoms with Crippen LogP contribution in [0.25, 0.3) is 0 Å². The van der Waals surface area contributed by atoms with Crippen molar-refractivity contribution in [3.05, 3.63) is 0 Å². The molecule has 0 aliphatic carbocycles. The first kappa shape index (κ1) is 8.41. The zero-order chi connectivity index (χ0) is 7.98. The van der Waals surface area contributed by atoms with Gasteiger partial charge in [0.05, 0.1) is 0 Å². The lowest BCUT2D eigenvalue weighted by Crippen LogP contribution is -2.04. The van der Waals surface area contributed by atoms with E-state index in [0.717, 1.165) is 0 Å². The lowest BCUT2D eigenvalue weighted by Gasteiger charge is -1.89. The minimum absolute atomic E-state index is 0.461. The van der Waals surface area contributed by atoms with Gasteiger partial charge in [0.1, 0.15) is 0 Å². The molecule has 0 aromatic rings. The number of rotatable bonds is 4. The number of aliphatic carboxylic acids is 2. The number of carboxylic acids is 2. The number of hydrogen-bond acceptors (Lipinski definition) is 4. The first-order valence-corrected chi connectivity index (χ1v) is 2.23. The number of oxime groups is 1. The molecule has 0 bridgehead atoms. The standard InChI is InChI=1S/C4H5NO5/c6-3(7)1-5-10-2-4(8)9/h1H,2H2,(H,6,7)(H,8,9)/b5-1+. The first-order chi connectivity index (χ1) is 4.63. The van der Waals surface area contributed by atoms with Gasteiger partial charge in [-0.05, 0) is 0 Å². The lowest BCUT2D eigenvalue weighted by atomic mass is 10.8. The molecule has 0 aliphatic rings. The van der Waals surface area contributed by atoms with E-state index in [-0.39, 0.29) is 0 Å². The Morgan fingerprint density at radius 3 is 2.50 bits per heavy atom. The molecule has 0 saturated carbocycles. The molecular weight excluding hydrogens is 142 g/mol. The van der Waals surface area contributed by atoms with Gasteiger partial charge in [-0.1, -0.05) is 5.16 Å². The van der Waals surface area contributed by atoms with Crippen LogP contribution in [0.2, 0.25) is 0 Å². The highest BCUT2D eigenvalue weighted by atomic mass is 16.6. The maximum absolute atomic E-state index is 9.70. The van der Waals surface area contributed by atoms with Crippen molar-refractivity contribution in [3.63, 3.8) is 0 Å². The van der Waals surface area contributed by atoms with Gasteiger partial charge < -0.3 is 15.1 Å². The van der Waals surface area contributed by atoms with Crippen LogP contribution in [-0.2, 0) is 14.4 Å². The molecule has 0 unspecified atom stereocenters. The maximum Gasteiger partial charge on any atom is 0.350 e. The van der Waals surface area contributed by atoms with Crippen LogP contribution < -0.4 is 0 Å². The van der Waals surface area contributed by atoms with Crippen LogP contribution >= 0.6 is 0 Å². The lowest BCUT2D eigenvalue weighted by molar-refractivity contribution is -0.142. The van der Waals surface area contributed by atoms with Gasteiger partial charge in [0.15, 0.2) is 6.21 Å². The van der Waals surface area contributed by atoms with Crippen LogP contribution in [0.4, 0.5) is 0 Å². The van der Waals surface area contributed by atoms with Crippen LogP contribution in [0, 0.1) is 0 Å². The Kier molecular flexibility index (Phi) is 3.62. The van der Waals surface area contributed by atoms with Crippen molar-refractivity contribution in [2.75, 3.05) is 6.61 Å². The molecule has 6 heteroatoms. The Morgan fingerprint density at radius 1 is 1.50 bits per heavy atom. The van der Waals surface area contributed by atoms with E-state index in [1.165, 1.54) is 0 Å². The largest absolute Gasteiger partial charge is 0.479 e. The molecule has 0 fully saturated rings. The van der Waals surface area contributed by atoms with Crippen molar-refractivity contribution < 1.29 is 24.6 Å². The summed E-state index contributed by atoms with van der Waals surface area (Å²) in [5.74, 6) is -2.49. The van der Waals surface area contributed by atoms with Crippen LogP contribution in [0.1, 0.15) is 0 Å². The number of carboxylic acid groups (broad SMARTS) is 2. The zero-order valence-corrected chi connectivity index (χ0v) is 4.85. The smallest absolute Gasteiger partial charge is 0.350 e. The highest BCUT2D eigenvalue weighted by Gasteiger charge is 1.93. The van der Waals surface area contributed by atoms with Gasteiger partial charge in [0.2, 0.25) is 6.61 Å². The van der Waals surface area contributed by atoms with E-state index in [2.05, 4.69) is 9.99 Å². The minimum atomic E-state index is -1.29. The summed E-state index contributed by atoms with van der Waals surface area (Å²) >= 11 is 0. The first-order valence-electron chi connectivity index (χ1n) is 2.23. The topological polar surface area (TPSA) is 96.2 Å². The van der Waals surface area contributed by atoms with Crippen LogP contribution in [-0.4, -0.2) is 35.0 Å². The second kappa shape index (κ2) is 4.30. The van der Waals surface area contributed by atoms with Crippen molar-refractivity contribution >= 4 is 18.2 Å². The molecule has 0 rings (SSSR count). The molecule has 0 radical (unpaired) electrons. The summed E-state index contributed by atoms with van der Waals surface area (Å²) in [7, 11) is 0. The van der Waals surface area contributed by atoms with Gasteiger partial charge in [-0.3, -0.25) is 0 Å². The molecule has 0 aromatic carbocycles. The third-order valence-corrected chi connectivity index (χ3v) is 0.426. The summed E-state index contributed by atoms with van der Waals surface area (Å²) in [6, 6.07) is 0. The van der Waals surface area contributed by atoms with Gasteiger partial charge in [-0.25, -0.2) is 9.59 Å². The summed E-state index contributed by atoms with van der Waals surface area (Å²) in [4.78, 5) is 23.4.